The van der Waals surface area contributed by atoms with Crippen molar-refractivity contribution in [2.45, 2.75) is 182 Å². The van der Waals surface area contributed by atoms with Crippen LogP contribution in [0.2, 0.25) is 0 Å². The van der Waals surface area contributed by atoms with Crippen LogP contribution in [-0.2, 0) is 57.5 Å². The Morgan fingerprint density at radius 1 is 0.405 bits per heavy atom. The summed E-state index contributed by atoms with van der Waals surface area (Å²) in [5, 5.41) is 60.2. The van der Waals surface area contributed by atoms with Crippen LogP contribution in [0, 0.1) is 29.6 Å². The molecule has 0 bridgehead atoms. The van der Waals surface area contributed by atoms with E-state index in [1.165, 1.54) is 34.6 Å². The third-order valence-corrected chi connectivity index (χ3v) is 11.5. The first kappa shape index (κ1) is 67.9. The number of carbonyl (C=O) groups is 12. The van der Waals surface area contributed by atoms with Gasteiger partial charge in [-0.2, -0.15) is 12.6 Å². The second-order valence-electron chi connectivity index (χ2n) is 20.1. The van der Waals surface area contributed by atoms with Crippen molar-refractivity contribution in [1.29, 1.82) is 0 Å². The lowest BCUT2D eigenvalue weighted by molar-refractivity contribution is -0.143. The molecule has 9 amide bonds. The molecule has 0 aliphatic rings. The molecule has 0 saturated heterocycles. The number of aliphatic carboxylic acids is 3. The van der Waals surface area contributed by atoms with Gasteiger partial charge in [-0.25, -0.2) is 4.79 Å². The minimum absolute atomic E-state index is 0.0283. The minimum atomic E-state index is -1.73. The average molecular weight is 1080 g/mol. The van der Waals surface area contributed by atoms with Crippen LogP contribution in [0.15, 0.2) is 0 Å². The lowest BCUT2D eigenvalue weighted by atomic mass is 10.0. The fourth-order valence-electron chi connectivity index (χ4n) is 7.07. The highest BCUT2D eigenvalue weighted by Gasteiger charge is 2.36. The van der Waals surface area contributed by atoms with E-state index in [4.69, 9.17) is 5.73 Å². The fraction of sp³-hybridized carbons (Fsp3) is 0.745. The van der Waals surface area contributed by atoms with E-state index in [0.717, 1.165) is 0 Å². The van der Waals surface area contributed by atoms with Crippen LogP contribution in [0.1, 0.15) is 121 Å². The van der Waals surface area contributed by atoms with Gasteiger partial charge in [0, 0.05) is 18.6 Å². The second-order valence-corrected chi connectivity index (χ2v) is 20.5. The quantitative estimate of drug-likeness (QED) is 0.0302. The van der Waals surface area contributed by atoms with Crippen LogP contribution in [0.5, 0.6) is 0 Å². The van der Waals surface area contributed by atoms with Crippen LogP contribution < -0.4 is 53.6 Å². The maximum absolute atomic E-state index is 13.9. The summed E-state index contributed by atoms with van der Waals surface area (Å²) < 4.78 is 0. The first-order chi connectivity index (χ1) is 34.3. The molecule has 0 fully saturated rings. The molecule has 74 heavy (non-hydrogen) atoms. The van der Waals surface area contributed by atoms with Gasteiger partial charge in [0.1, 0.15) is 54.4 Å². The number of aliphatic hydroxyl groups is 1. The number of nitrogens with two attached hydrogens (primary N) is 1. The fourth-order valence-corrected chi connectivity index (χ4v) is 7.33. The van der Waals surface area contributed by atoms with Crippen molar-refractivity contribution in [1.82, 2.24) is 47.9 Å². The van der Waals surface area contributed by atoms with Crippen molar-refractivity contribution >= 4 is 83.7 Å². The van der Waals surface area contributed by atoms with Crippen molar-refractivity contribution in [3.05, 3.63) is 0 Å². The highest BCUT2D eigenvalue weighted by molar-refractivity contribution is 7.80. The zero-order valence-electron chi connectivity index (χ0n) is 44.2. The van der Waals surface area contributed by atoms with Crippen molar-refractivity contribution in [2.24, 2.45) is 35.3 Å². The Labute approximate surface area is 437 Å². The summed E-state index contributed by atoms with van der Waals surface area (Å²) in [6, 6.07) is -14.0. The smallest absolute Gasteiger partial charge is 0.326 e. The molecule has 0 unspecified atom stereocenters. The van der Waals surface area contributed by atoms with Crippen LogP contribution in [0.25, 0.3) is 0 Å². The van der Waals surface area contributed by atoms with Gasteiger partial charge in [0.2, 0.25) is 53.2 Å². The maximum Gasteiger partial charge on any atom is 0.326 e. The van der Waals surface area contributed by atoms with E-state index in [1.54, 1.807) is 27.7 Å². The molecule has 0 rings (SSSR count). The van der Waals surface area contributed by atoms with Gasteiger partial charge in [0.25, 0.3) is 0 Å². The lowest BCUT2D eigenvalue weighted by Crippen LogP contribution is -2.61. The van der Waals surface area contributed by atoms with Crippen molar-refractivity contribution in [3.8, 4) is 0 Å². The topological polar surface area (TPSA) is 420 Å². The molecule has 10 atom stereocenters. The van der Waals surface area contributed by atoms with E-state index in [2.05, 4.69) is 60.5 Å². The summed E-state index contributed by atoms with van der Waals surface area (Å²) in [5.41, 5.74) is 5.97. The number of rotatable bonds is 35. The normalized spacial score (nSPS) is 15.4. The van der Waals surface area contributed by atoms with Crippen LogP contribution >= 0.6 is 12.6 Å². The van der Waals surface area contributed by atoms with Gasteiger partial charge < -0.3 is 74.0 Å². The van der Waals surface area contributed by atoms with Crippen molar-refractivity contribution in [2.75, 3.05) is 12.4 Å². The number of hydrogen-bond acceptors (Lipinski definition) is 15. The summed E-state index contributed by atoms with van der Waals surface area (Å²) in [5.74, 6) is -14.2. The summed E-state index contributed by atoms with van der Waals surface area (Å²) in [4.78, 5) is 156. The van der Waals surface area contributed by atoms with Crippen molar-refractivity contribution in [3.63, 3.8) is 0 Å². The molecular weight excluding hydrogens is 993 g/mol. The molecule has 27 heteroatoms. The summed E-state index contributed by atoms with van der Waals surface area (Å²) in [7, 11) is 0. The largest absolute Gasteiger partial charge is 0.481 e. The van der Waals surface area contributed by atoms with Gasteiger partial charge in [-0.15, -0.1) is 0 Å². The number of aliphatic hydroxyl groups excluding tert-OH is 1. The lowest BCUT2D eigenvalue weighted by Gasteiger charge is -2.29. The first-order valence-corrected chi connectivity index (χ1v) is 25.3. The summed E-state index contributed by atoms with van der Waals surface area (Å²) in [6.45, 7) is 17.1. The second kappa shape index (κ2) is 33.7. The number of carboxylic acids is 3. The molecule has 15 N–H and O–H groups in total. The molecule has 0 heterocycles. The number of amides is 9. The SMILES string of the molecule is CC(C)C[C@H](NC(=O)[C@H](CO)NC(=O)[C@@H](NC(=O)[C@H](CCC(=O)O)NC(=O)[C@H](CCC(=O)O)NC(=O)[C@@H](NC(=O)[C@H](C)NC(=O)[C@H](CC(C)C)NC(=O)[C@H](CS)NC(=O)[C@@H](N)CC(C)C)C(C)C)C(C)C)C(=O)O. The molecule has 0 aromatic heterocycles. The van der Waals surface area contributed by atoms with E-state index in [9.17, 15) is 78.0 Å². The van der Waals surface area contributed by atoms with Gasteiger partial charge >= 0.3 is 17.9 Å². The van der Waals surface area contributed by atoms with Gasteiger partial charge in [0.15, 0.2) is 0 Å². The monoisotopic (exact) mass is 1070 g/mol. The Morgan fingerprint density at radius 2 is 0.743 bits per heavy atom. The van der Waals surface area contributed by atoms with Crippen LogP contribution in [0.3, 0.4) is 0 Å². The van der Waals surface area contributed by atoms with Gasteiger partial charge in [-0.05, 0) is 68.6 Å². The molecule has 26 nitrogen and oxygen atoms in total. The Morgan fingerprint density at radius 3 is 1.15 bits per heavy atom. The molecule has 0 aromatic rings. The number of nitrogens with one attached hydrogen (secondary N) is 9. The number of thiol groups is 1. The molecule has 0 aromatic carbocycles. The predicted molar refractivity (Wildman–Crippen MR) is 271 cm³/mol. The van der Waals surface area contributed by atoms with Crippen LogP contribution in [-0.4, -0.2) is 164 Å². The predicted octanol–water partition coefficient (Wildman–Crippen LogP) is -2.12. The summed E-state index contributed by atoms with van der Waals surface area (Å²) in [6.07, 6.45) is -2.07. The Hall–Kier alpha value is -6.09. The highest BCUT2D eigenvalue weighted by atomic mass is 32.1. The minimum Gasteiger partial charge on any atom is -0.481 e. The summed E-state index contributed by atoms with van der Waals surface area (Å²) >= 11 is 4.18. The van der Waals surface area contributed by atoms with Crippen molar-refractivity contribution < 1.29 is 78.0 Å². The molecule has 0 aliphatic heterocycles. The molecule has 0 radical (unpaired) electrons. The Kier molecular flexibility index (Phi) is 30.9. The van der Waals surface area contributed by atoms with E-state index in [-0.39, 0.29) is 36.3 Å². The zero-order valence-corrected chi connectivity index (χ0v) is 45.1. The van der Waals surface area contributed by atoms with Gasteiger partial charge in [-0.1, -0.05) is 69.2 Å². The van der Waals surface area contributed by atoms with E-state index < -0.39 is 176 Å². The number of carboxylic acid groups (broad SMARTS) is 3. The third-order valence-electron chi connectivity index (χ3n) is 11.2. The Bertz CT molecular complexity index is 1950. The van der Waals surface area contributed by atoms with Crippen LogP contribution in [0.4, 0.5) is 0 Å². The molecular formula is C47H82N10O16S. The van der Waals surface area contributed by atoms with E-state index >= 15 is 0 Å². The highest BCUT2D eigenvalue weighted by Crippen LogP contribution is 2.12. The third kappa shape index (κ3) is 25.7. The van der Waals surface area contributed by atoms with Gasteiger partial charge in [-0.3, -0.25) is 52.7 Å². The Balaban J connectivity index is 6.39. The molecule has 422 valence electrons. The van der Waals surface area contributed by atoms with E-state index in [0.29, 0.717) is 6.42 Å². The molecule has 0 spiro atoms. The number of carbonyl (C=O) groups excluding carboxylic acids is 9. The standard InChI is InChI=1S/C47H82N10O16S/c1-21(2)16-27(48)39(64)55-33(20-74)44(69)52-30(17-22(3)4)42(67)49-26(11)38(63)56-36(24(7)8)45(70)51-28(12-14-34(59)60)40(65)50-29(13-15-35(61)62)41(66)57-37(25(9)10)46(71)54-32(19-58)43(68)53-31(47(72)73)18-23(5)6/h21-33,36-37,58,74H,12-20,48H2,1-11H3,(H,49,67)(H,50,65)(H,51,70)(H,52,69)(H,53,68)(H,54,71)(H,55,64)(H,56,63)(H,57,66)(H,59,60)(H,61,62)(H,72,73)/t26-,27-,28-,29-,30-,31-,32-,33-,36-,37-/m0/s1. The molecule has 0 aliphatic carbocycles. The van der Waals surface area contributed by atoms with Gasteiger partial charge in [0.05, 0.1) is 12.6 Å². The first-order valence-electron chi connectivity index (χ1n) is 24.6. The molecule has 0 saturated carbocycles. The zero-order chi connectivity index (χ0) is 57.3. The average Bonchev–Trinajstić information content (AvgIpc) is 3.28. The number of hydrogen-bond donors (Lipinski definition) is 15. The van der Waals surface area contributed by atoms with E-state index in [1.807, 2.05) is 13.8 Å². The maximum atomic E-state index is 13.9.